The van der Waals surface area contributed by atoms with Gasteiger partial charge in [-0.2, -0.15) is 10.5 Å². The van der Waals surface area contributed by atoms with Crippen LogP contribution in [0.25, 0.3) is 0 Å². The molecule has 0 aromatic heterocycles. The Kier molecular flexibility index (Phi) is 5.94. The van der Waals surface area contributed by atoms with E-state index in [2.05, 4.69) is 5.32 Å². The minimum absolute atomic E-state index is 0.0103. The summed E-state index contributed by atoms with van der Waals surface area (Å²) < 4.78 is 18.8. The Bertz CT molecular complexity index is 1020. The molecule has 0 heterocycles. The molecule has 8 nitrogen and oxygen atoms in total. The van der Waals surface area contributed by atoms with Crippen LogP contribution in [0.2, 0.25) is 0 Å². The third kappa shape index (κ3) is 4.61. The van der Waals surface area contributed by atoms with Crippen molar-refractivity contribution >= 4 is 17.6 Å². The molecule has 2 aromatic rings. The number of anilines is 1. The molecule has 0 radical (unpaired) electrons. The van der Waals surface area contributed by atoms with Crippen LogP contribution in [-0.4, -0.2) is 34.3 Å². The molecule has 9 heteroatoms. The normalized spacial score (nSPS) is 12.2. The van der Waals surface area contributed by atoms with Crippen molar-refractivity contribution in [3.63, 3.8) is 0 Å². The topological polar surface area (TPSA) is 143 Å². The van der Waals surface area contributed by atoms with E-state index in [1.807, 2.05) is 0 Å². The van der Waals surface area contributed by atoms with Crippen molar-refractivity contribution in [3.8, 4) is 17.9 Å². The summed E-state index contributed by atoms with van der Waals surface area (Å²) in [7, 11) is 0. The van der Waals surface area contributed by atoms with Crippen LogP contribution >= 0.6 is 0 Å². The molecular formula is C19H14FN3O5. The number of hydrogen-bond donors (Lipinski definition) is 3. The van der Waals surface area contributed by atoms with Crippen molar-refractivity contribution in [1.29, 1.82) is 10.5 Å². The van der Waals surface area contributed by atoms with E-state index in [9.17, 15) is 19.1 Å². The van der Waals surface area contributed by atoms with Crippen LogP contribution in [-0.2, 0) is 4.79 Å². The predicted molar refractivity (Wildman–Crippen MR) is 94.0 cm³/mol. The van der Waals surface area contributed by atoms with Crippen LogP contribution in [0.15, 0.2) is 36.4 Å². The molecule has 0 spiro atoms. The van der Waals surface area contributed by atoms with E-state index in [1.165, 1.54) is 24.3 Å². The minimum atomic E-state index is -2.04. The van der Waals surface area contributed by atoms with E-state index in [0.717, 1.165) is 19.1 Å². The highest BCUT2D eigenvalue weighted by Crippen LogP contribution is 2.20. The first-order valence-electron chi connectivity index (χ1n) is 7.81. The first-order valence-corrected chi connectivity index (χ1v) is 7.81. The number of hydrogen-bond acceptors (Lipinski definition) is 6. The van der Waals surface area contributed by atoms with E-state index < -0.39 is 29.9 Å². The van der Waals surface area contributed by atoms with Gasteiger partial charge in [0.1, 0.15) is 30.3 Å². The summed E-state index contributed by atoms with van der Waals surface area (Å²) in [5, 5.41) is 39.3. The lowest BCUT2D eigenvalue weighted by molar-refractivity contribution is -0.135. The van der Waals surface area contributed by atoms with Crippen molar-refractivity contribution in [2.45, 2.75) is 12.5 Å². The zero-order chi connectivity index (χ0) is 20.9. The second kappa shape index (κ2) is 8.16. The summed E-state index contributed by atoms with van der Waals surface area (Å²) in [6.45, 7) is 0.621. The standard InChI is InChI=1S/C19H14FN3O5/c1-19(27,10-28-14-5-3-12(9-22)16(20)7-14)18(26)23-13-4-2-11(8-21)15(6-13)17(24)25/h2-7,27H,10H2,1H3,(H,23,26)(H,24,25). The summed E-state index contributed by atoms with van der Waals surface area (Å²) >= 11 is 0. The molecule has 0 aliphatic heterocycles. The summed E-state index contributed by atoms with van der Waals surface area (Å²) in [5.74, 6) is -3.03. The lowest BCUT2D eigenvalue weighted by Crippen LogP contribution is -2.45. The molecule has 142 valence electrons. The number of aromatic carboxylic acids is 1. The minimum Gasteiger partial charge on any atom is -0.490 e. The van der Waals surface area contributed by atoms with E-state index in [4.69, 9.17) is 20.4 Å². The molecule has 1 amide bonds. The number of ether oxygens (including phenoxy) is 1. The average molecular weight is 383 g/mol. The van der Waals surface area contributed by atoms with Gasteiger partial charge >= 0.3 is 5.97 Å². The fourth-order valence-corrected chi connectivity index (χ4v) is 2.13. The fourth-order valence-electron chi connectivity index (χ4n) is 2.13. The Morgan fingerprint density at radius 3 is 2.39 bits per heavy atom. The maximum absolute atomic E-state index is 13.6. The Labute approximate surface area is 159 Å². The highest BCUT2D eigenvalue weighted by molar-refractivity contribution is 5.99. The lowest BCUT2D eigenvalue weighted by atomic mass is 10.1. The Morgan fingerprint density at radius 2 is 1.82 bits per heavy atom. The van der Waals surface area contributed by atoms with Crippen LogP contribution in [0, 0.1) is 28.5 Å². The average Bonchev–Trinajstić information content (AvgIpc) is 2.66. The van der Waals surface area contributed by atoms with Gasteiger partial charge in [-0.05, 0) is 37.3 Å². The van der Waals surface area contributed by atoms with Gasteiger partial charge in [-0.3, -0.25) is 4.79 Å². The number of amides is 1. The number of carbonyl (C=O) groups excluding carboxylic acids is 1. The molecule has 0 aliphatic rings. The zero-order valence-corrected chi connectivity index (χ0v) is 14.6. The van der Waals surface area contributed by atoms with Crippen molar-refractivity contribution in [2.24, 2.45) is 0 Å². The number of halogens is 1. The predicted octanol–water partition coefficient (Wildman–Crippen LogP) is 2.04. The van der Waals surface area contributed by atoms with Gasteiger partial charge in [0, 0.05) is 11.8 Å². The van der Waals surface area contributed by atoms with Gasteiger partial charge in [0.2, 0.25) is 0 Å². The maximum atomic E-state index is 13.6. The summed E-state index contributed by atoms with van der Waals surface area (Å²) in [4.78, 5) is 23.5. The second-order valence-corrected chi connectivity index (χ2v) is 5.95. The molecule has 2 rings (SSSR count). The Hall–Kier alpha value is -3.95. The SMILES string of the molecule is CC(O)(COc1ccc(C#N)c(F)c1)C(=O)Nc1ccc(C#N)c(C(=O)O)c1. The molecule has 2 aromatic carbocycles. The number of benzene rings is 2. The van der Waals surface area contributed by atoms with Crippen molar-refractivity contribution < 1.29 is 28.9 Å². The Morgan fingerprint density at radius 1 is 1.18 bits per heavy atom. The summed E-state index contributed by atoms with van der Waals surface area (Å²) in [6.07, 6.45) is 0. The Balaban J connectivity index is 2.10. The molecule has 0 fully saturated rings. The van der Waals surface area contributed by atoms with Crippen LogP contribution in [0.5, 0.6) is 5.75 Å². The van der Waals surface area contributed by atoms with E-state index in [1.54, 1.807) is 12.1 Å². The number of carboxylic acids is 1. The molecule has 3 N–H and O–H groups in total. The molecule has 0 saturated carbocycles. The number of nitrogens with one attached hydrogen (secondary N) is 1. The van der Waals surface area contributed by atoms with Crippen LogP contribution < -0.4 is 10.1 Å². The van der Waals surface area contributed by atoms with Crippen LogP contribution in [0.1, 0.15) is 28.4 Å². The van der Waals surface area contributed by atoms with E-state index >= 15 is 0 Å². The molecule has 1 unspecified atom stereocenters. The second-order valence-electron chi connectivity index (χ2n) is 5.95. The van der Waals surface area contributed by atoms with Gasteiger partial charge in [-0.1, -0.05) is 0 Å². The third-order valence-corrected chi connectivity index (χ3v) is 3.70. The molecule has 0 bridgehead atoms. The van der Waals surface area contributed by atoms with Crippen LogP contribution in [0.3, 0.4) is 0 Å². The van der Waals surface area contributed by atoms with Crippen molar-refractivity contribution in [1.82, 2.24) is 0 Å². The smallest absolute Gasteiger partial charge is 0.337 e. The first-order chi connectivity index (χ1) is 13.2. The fraction of sp³-hybridized carbons (Fsp3) is 0.158. The summed E-state index contributed by atoms with van der Waals surface area (Å²) in [6, 6.07) is 10.5. The highest BCUT2D eigenvalue weighted by atomic mass is 19.1. The zero-order valence-electron chi connectivity index (χ0n) is 14.6. The van der Waals surface area contributed by atoms with E-state index in [-0.39, 0.29) is 28.1 Å². The van der Waals surface area contributed by atoms with Gasteiger partial charge < -0.3 is 20.3 Å². The quantitative estimate of drug-likeness (QED) is 0.692. The number of nitrogens with zero attached hydrogens (tertiary/aromatic N) is 2. The van der Waals surface area contributed by atoms with Gasteiger partial charge in [0.25, 0.3) is 5.91 Å². The molecular weight excluding hydrogens is 369 g/mol. The van der Waals surface area contributed by atoms with Crippen molar-refractivity contribution in [2.75, 3.05) is 11.9 Å². The third-order valence-electron chi connectivity index (χ3n) is 3.70. The van der Waals surface area contributed by atoms with Crippen molar-refractivity contribution in [3.05, 3.63) is 58.9 Å². The largest absolute Gasteiger partial charge is 0.490 e. The number of carbonyl (C=O) groups is 2. The van der Waals surface area contributed by atoms with Crippen LogP contribution in [0.4, 0.5) is 10.1 Å². The number of carboxylic acid groups (broad SMARTS) is 1. The molecule has 1 atom stereocenters. The number of aliphatic hydroxyl groups is 1. The maximum Gasteiger partial charge on any atom is 0.337 e. The highest BCUT2D eigenvalue weighted by Gasteiger charge is 2.32. The van der Waals surface area contributed by atoms with E-state index in [0.29, 0.717) is 0 Å². The summed E-state index contributed by atoms with van der Waals surface area (Å²) in [5.41, 5.74) is -2.53. The molecule has 0 aliphatic carbocycles. The number of nitriles is 2. The van der Waals surface area contributed by atoms with Gasteiger partial charge in [0.05, 0.1) is 16.7 Å². The van der Waals surface area contributed by atoms with Gasteiger partial charge in [-0.15, -0.1) is 0 Å². The number of rotatable bonds is 6. The molecule has 28 heavy (non-hydrogen) atoms. The lowest BCUT2D eigenvalue weighted by Gasteiger charge is -2.22. The van der Waals surface area contributed by atoms with Gasteiger partial charge in [0.15, 0.2) is 5.60 Å². The van der Waals surface area contributed by atoms with Gasteiger partial charge in [-0.25, -0.2) is 9.18 Å². The first kappa shape index (κ1) is 20.4. The molecule has 0 saturated heterocycles. The monoisotopic (exact) mass is 383 g/mol.